The maximum atomic E-state index is 12.5. The Labute approximate surface area is 139 Å². The van der Waals surface area contributed by atoms with Crippen molar-refractivity contribution in [2.45, 2.75) is 32.0 Å². The number of alkyl halides is 3. The minimum atomic E-state index is -4.50. The van der Waals surface area contributed by atoms with Crippen LogP contribution in [-0.2, 0) is 17.5 Å². The highest BCUT2D eigenvalue weighted by molar-refractivity contribution is 7.09. The molecule has 2 N–H and O–H groups in total. The molecular weight excluding hydrogens is 347 g/mol. The Morgan fingerprint density at radius 2 is 2.25 bits per heavy atom. The van der Waals surface area contributed by atoms with E-state index in [2.05, 4.69) is 10.3 Å². The molecule has 0 radical (unpaired) electrons. The summed E-state index contributed by atoms with van der Waals surface area (Å²) in [6, 6.07) is -0.464. The van der Waals surface area contributed by atoms with Crippen LogP contribution in [0.2, 0.25) is 0 Å². The Morgan fingerprint density at radius 1 is 1.50 bits per heavy atom. The fourth-order valence-electron chi connectivity index (χ4n) is 3.58. The summed E-state index contributed by atoms with van der Waals surface area (Å²) in [5.74, 6) is -0.938. The number of rotatable bonds is 3. The molecule has 10 heteroatoms. The first kappa shape index (κ1) is 17.0. The van der Waals surface area contributed by atoms with E-state index in [1.54, 1.807) is 0 Å². The second-order valence-corrected chi connectivity index (χ2v) is 7.16. The number of thiazole rings is 1. The summed E-state index contributed by atoms with van der Waals surface area (Å²) in [6.07, 6.45) is -2.33. The Kier molecular flexibility index (Phi) is 4.18. The van der Waals surface area contributed by atoms with Gasteiger partial charge in [0, 0.05) is 18.5 Å². The molecular formula is C14H16F3N3O3S. The van der Waals surface area contributed by atoms with Crippen LogP contribution in [-0.4, -0.2) is 40.1 Å². The van der Waals surface area contributed by atoms with E-state index in [4.69, 9.17) is 0 Å². The molecule has 132 valence electrons. The zero-order valence-electron chi connectivity index (χ0n) is 12.6. The van der Waals surface area contributed by atoms with Crippen LogP contribution >= 0.6 is 11.3 Å². The van der Waals surface area contributed by atoms with Gasteiger partial charge in [-0.05, 0) is 18.8 Å². The van der Waals surface area contributed by atoms with Gasteiger partial charge in [0.25, 0.3) is 0 Å². The monoisotopic (exact) mass is 363 g/mol. The Balaban J connectivity index is 1.59. The lowest BCUT2D eigenvalue weighted by Crippen LogP contribution is -2.41. The van der Waals surface area contributed by atoms with E-state index in [9.17, 15) is 27.9 Å². The van der Waals surface area contributed by atoms with Gasteiger partial charge in [-0.25, -0.2) is 9.78 Å². The van der Waals surface area contributed by atoms with Gasteiger partial charge in [0.2, 0.25) is 0 Å². The molecule has 1 aliphatic heterocycles. The van der Waals surface area contributed by atoms with Gasteiger partial charge in [-0.15, -0.1) is 11.3 Å². The zero-order chi connectivity index (χ0) is 17.5. The SMILES string of the molecule is O=C(NCc1nc(C(F)(F)F)cs1)N1C[C@@H]2CCC[C@@]2(C(=O)O)C1. The highest BCUT2D eigenvalue weighted by atomic mass is 32.1. The number of carboxylic acid groups (broad SMARTS) is 1. The fraction of sp³-hybridized carbons (Fsp3) is 0.643. The van der Waals surface area contributed by atoms with Crippen molar-refractivity contribution in [3.05, 3.63) is 16.1 Å². The van der Waals surface area contributed by atoms with Gasteiger partial charge in [-0.2, -0.15) is 13.2 Å². The summed E-state index contributed by atoms with van der Waals surface area (Å²) in [7, 11) is 0. The molecule has 2 amide bonds. The average molecular weight is 363 g/mol. The van der Waals surface area contributed by atoms with Crippen molar-refractivity contribution in [2.24, 2.45) is 11.3 Å². The summed E-state index contributed by atoms with van der Waals surface area (Å²) in [5.41, 5.74) is -1.85. The second kappa shape index (κ2) is 5.91. The lowest BCUT2D eigenvalue weighted by atomic mass is 9.81. The summed E-state index contributed by atoms with van der Waals surface area (Å²) in [4.78, 5) is 28.7. The number of amides is 2. The number of aromatic nitrogens is 1. The molecule has 1 aliphatic carbocycles. The number of carbonyl (C=O) groups excluding carboxylic acids is 1. The lowest BCUT2D eigenvalue weighted by molar-refractivity contribution is -0.149. The van der Waals surface area contributed by atoms with Crippen LogP contribution in [0.5, 0.6) is 0 Å². The molecule has 1 saturated heterocycles. The van der Waals surface area contributed by atoms with Crippen LogP contribution in [0.25, 0.3) is 0 Å². The molecule has 0 spiro atoms. The number of nitrogens with one attached hydrogen (secondary N) is 1. The van der Waals surface area contributed by atoms with Crippen molar-refractivity contribution in [1.29, 1.82) is 0 Å². The topological polar surface area (TPSA) is 82.5 Å². The summed E-state index contributed by atoms with van der Waals surface area (Å²) in [5, 5.41) is 13.1. The number of hydrogen-bond acceptors (Lipinski definition) is 4. The molecule has 2 aliphatic rings. The number of fused-ring (bicyclic) bond motifs is 1. The predicted octanol–water partition coefficient (Wildman–Crippen LogP) is 2.56. The first-order valence-corrected chi connectivity index (χ1v) is 8.38. The maximum Gasteiger partial charge on any atom is 0.434 e. The Bertz CT molecular complexity index is 663. The quantitative estimate of drug-likeness (QED) is 0.865. The molecule has 1 aromatic heterocycles. The summed E-state index contributed by atoms with van der Waals surface area (Å²) < 4.78 is 37.5. The van der Waals surface area contributed by atoms with E-state index in [1.807, 2.05) is 0 Å². The number of carbonyl (C=O) groups is 2. The van der Waals surface area contributed by atoms with Gasteiger partial charge in [0.1, 0.15) is 5.01 Å². The van der Waals surface area contributed by atoms with Crippen molar-refractivity contribution in [2.75, 3.05) is 13.1 Å². The average Bonchev–Trinajstić information content (AvgIpc) is 3.17. The van der Waals surface area contributed by atoms with Crippen molar-refractivity contribution < 1.29 is 27.9 Å². The standard InChI is InChI=1S/C14H16F3N3O3S/c15-14(16,17)9-6-24-10(19-9)4-18-12(23)20-5-8-2-1-3-13(8,7-20)11(21)22/h6,8H,1-5,7H2,(H,18,23)(H,21,22)/t8-,13+/m0/s1. The van der Waals surface area contributed by atoms with Crippen LogP contribution < -0.4 is 5.32 Å². The molecule has 3 rings (SSSR count). The van der Waals surface area contributed by atoms with E-state index >= 15 is 0 Å². The maximum absolute atomic E-state index is 12.5. The highest BCUT2D eigenvalue weighted by Crippen LogP contribution is 2.48. The molecule has 24 heavy (non-hydrogen) atoms. The van der Waals surface area contributed by atoms with E-state index in [1.165, 1.54) is 4.90 Å². The van der Waals surface area contributed by atoms with Gasteiger partial charge in [0.15, 0.2) is 5.69 Å². The molecule has 6 nitrogen and oxygen atoms in total. The summed E-state index contributed by atoms with van der Waals surface area (Å²) in [6.45, 7) is 0.398. The van der Waals surface area contributed by atoms with Crippen LogP contribution in [0.15, 0.2) is 5.38 Å². The third kappa shape index (κ3) is 2.94. The fourth-order valence-corrected chi connectivity index (χ4v) is 4.32. The number of carboxylic acids is 1. The molecule has 2 atom stereocenters. The van der Waals surface area contributed by atoms with Gasteiger partial charge in [-0.3, -0.25) is 4.79 Å². The minimum Gasteiger partial charge on any atom is -0.481 e. The van der Waals surface area contributed by atoms with Gasteiger partial charge in [0.05, 0.1) is 12.0 Å². The molecule has 0 unspecified atom stereocenters. The van der Waals surface area contributed by atoms with Crippen LogP contribution in [0, 0.1) is 11.3 Å². The number of halogens is 3. The molecule has 0 bridgehead atoms. The van der Waals surface area contributed by atoms with Crippen molar-refractivity contribution in [3.63, 3.8) is 0 Å². The van der Waals surface area contributed by atoms with Gasteiger partial charge < -0.3 is 15.3 Å². The molecule has 0 aromatic carbocycles. The van der Waals surface area contributed by atoms with Gasteiger partial charge >= 0.3 is 18.2 Å². The number of likely N-dealkylation sites (tertiary alicyclic amines) is 1. The molecule has 1 saturated carbocycles. The van der Waals surface area contributed by atoms with E-state index < -0.39 is 29.3 Å². The second-order valence-electron chi connectivity index (χ2n) is 6.21. The summed E-state index contributed by atoms with van der Waals surface area (Å²) >= 11 is 0.823. The number of urea groups is 1. The first-order valence-electron chi connectivity index (χ1n) is 7.50. The first-order chi connectivity index (χ1) is 11.2. The Hall–Kier alpha value is -1.84. The number of aliphatic carboxylic acids is 1. The van der Waals surface area contributed by atoms with Crippen molar-refractivity contribution in [3.8, 4) is 0 Å². The normalized spacial score (nSPS) is 26.5. The van der Waals surface area contributed by atoms with Crippen molar-refractivity contribution in [1.82, 2.24) is 15.2 Å². The highest BCUT2D eigenvalue weighted by Gasteiger charge is 2.55. The van der Waals surface area contributed by atoms with Gasteiger partial charge in [-0.1, -0.05) is 6.42 Å². The third-order valence-electron chi connectivity index (χ3n) is 4.82. The lowest BCUT2D eigenvalue weighted by Gasteiger charge is -2.23. The van der Waals surface area contributed by atoms with Crippen molar-refractivity contribution >= 4 is 23.3 Å². The molecule has 2 fully saturated rings. The van der Waals surface area contributed by atoms with E-state index in [0.29, 0.717) is 13.0 Å². The minimum absolute atomic E-state index is 0.0579. The van der Waals surface area contributed by atoms with Crippen LogP contribution in [0.4, 0.5) is 18.0 Å². The smallest absolute Gasteiger partial charge is 0.434 e. The molecule has 1 aromatic rings. The van der Waals surface area contributed by atoms with E-state index in [-0.39, 0.29) is 24.0 Å². The Morgan fingerprint density at radius 3 is 2.83 bits per heavy atom. The molecule has 2 heterocycles. The van der Waals surface area contributed by atoms with E-state index in [0.717, 1.165) is 29.6 Å². The third-order valence-corrected chi connectivity index (χ3v) is 5.67. The zero-order valence-corrected chi connectivity index (χ0v) is 13.4. The van der Waals surface area contributed by atoms with Crippen LogP contribution in [0.3, 0.4) is 0 Å². The number of nitrogens with zero attached hydrogens (tertiary/aromatic N) is 2. The largest absolute Gasteiger partial charge is 0.481 e. The number of hydrogen-bond donors (Lipinski definition) is 2. The predicted molar refractivity (Wildman–Crippen MR) is 78.3 cm³/mol. The van der Waals surface area contributed by atoms with Crippen LogP contribution in [0.1, 0.15) is 30.0 Å².